The van der Waals surface area contributed by atoms with E-state index < -0.39 is 0 Å². The van der Waals surface area contributed by atoms with Crippen molar-refractivity contribution in [3.63, 3.8) is 0 Å². The number of fused-ring (bicyclic) bond motifs is 2. The maximum Gasteiger partial charge on any atom is 0.170 e. The molecule has 26 heavy (non-hydrogen) atoms. The third-order valence-corrected chi connectivity index (χ3v) is 5.67. The number of ether oxygens (including phenoxy) is 1. The molecule has 1 saturated carbocycles. The molecule has 1 N–H and O–H groups in total. The fourth-order valence-electron chi connectivity index (χ4n) is 4.10. The van der Waals surface area contributed by atoms with Crippen LogP contribution in [0, 0.1) is 11.8 Å². The molecule has 3 nitrogen and oxygen atoms in total. The molecule has 2 aliphatic rings. The topological polar surface area (TPSA) is 46.5 Å². The highest BCUT2D eigenvalue weighted by Crippen LogP contribution is 2.47. The Hall–Kier alpha value is -2.26. The minimum atomic E-state index is 0.0274. The van der Waals surface area contributed by atoms with Crippen LogP contribution in [-0.4, -0.2) is 17.5 Å². The van der Waals surface area contributed by atoms with Crippen LogP contribution in [0.5, 0.6) is 5.75 Å². The van der Waals surface area contributed by atoms with Gasteiger partial charge in [0.1, 0.15) is 11.5 Å². The highest BCUT2D eigenvalue weighted by Gasteiger charge is 2.42. The first-order valence-corrected chi connectivity index (χ1v) is 9.46. The molecule has 134 valence electrons. The number of ketones is 1. The average molecular weight is 369 g/mol. The first-order valence-electron chi connectivity index (χ1n) is 9.09. The Morgan fingerprint density at radius 2 is 1.77 bits per heavy atom. The van der Waals surface area contributed by atoms with E-state index in [1.807, 2.05) is 49.4 Å². The minimum Gasteiger partial charge on any atom is -0.511 e. The summed E-state index contributed by atoms with van der Waals surface area (Å²) in [6, 6.07) is 13.4. The number of hydrogen-bond donors (Lipinski definition) is 1. The van der Waals surface area contributed by atoms with Gasteiger partial charge in [0.05, 0.1) is 12.2 Å². The fraction of sp³-hybridized carbons (Fsp3) is 0.318. The van der Waals surface area contributed by atoms with E-state index in [-0.39, 0.29) is 23.4 Å². The normalized spacial score (nSPS) is 22.0. The number of carbonyl (C=O) groups excluding carboxylic acids is 1. The number of halogens is 1. The fourth-order valence-corrected chi connectivity index (χ4v) is 4.23. The molecule has 2 bridgehead atoms. The van der Waals surface area contributed by atoms with Crippen molar-refractivity contribution in [2.75, 3.05) is 6.61 Å². The average Bonchev–Trinajstić information content (AvgIpc) is 3.10. The lowest BCUT2D eigenvalue weighted by Gasteiger charge is -2.23. The van der Waals surface area contributed by atoms with Crippen molar-refractivity contribution >= 4 is 23.0 Å². The number of benzene rings is 2. The Morgan fingerprint density at radius 1 is 1.08 bits per heavy atom. The molecule has 2 atom stereocenters. The molecular formula is C22H21ClO3. The van der Waals surface area contributed by atoms with E-state index in [1.54, 1.807) is 0 Å². The van der Waals surface area contributed by atoms with Gasteiger partial charge in [0.2, 0.25) is 0 Å². The summed E-state index contributed by atoms with van der Waals surface area (Å²) >= 11 is 5.99. The zero-order chi connectivity index (χ0) is 18.3. The predicted molar refractivity (Wildman–Crippen MR) is 103 cm³/mol. The van der Waals surface area contributed by atoms with Gasteiger partial charge in [-0.3, -0.25) is 4.79 Å². The van der Waals surface area contributed by atoms with Crippen molar-refractivity contribution < 1.29 is 14.6 Å². The molecule has 2 aromatic carbocycles. The van der Waals surface area contributed by atoms with Gasteiger partial charge in [-0.15, -0.1) is 0 Å². The van der Waals surface area contributed by atoms with Gasteiger partial charge in [-0.05, 0) is 61.6 Å². The second kappa shape index (κ2) is 6.81. The van der Waals surface area contributed by atoms with Crippen LogP contribution in [-0.2, 0) is 4.79 Å². The van der Waals surface area contributed by atoms with E-state index in [9.17, 15) is 9.90 Å². The third kappa shape index (κ3) is 2.90. The summed E-state index contributed by atoms with van der Waals surface area (Å²) < 4.78 is 5.77. The summed E-state index contributed by atoms with van der Waals surface area (Å²) in [5.41, 5.74) is 3.11. The number of aliphatic hydroxyl groups excluding tert-OH is 1. The van der Waals surface area contributed by atoms with Gasteiger partial charge in [0, 0.05) is 22.4 Å². The lowest BCUT2D eigenvalue weighted by Crippen LogP contribution is -2.21. The molecule has 4 rings (SSSR count). The Morgan fingerprint density at radius 3 is 2.50 bits per heavy atom. The summed E-state index contributed by atoms with van der Waals surface area (Å²) in [7, 11) is 0. The SMILES string of the molecule is CCOc1ccc(-c2ccc(Cl)cc2)cc1C1=C(O)[C@H]2CC[C@H](C2)C1=O. The smallest absolute Gasteiger partial charge is 0.170 e. The Balaban J connectivity index is 1.85. The van der Waals surface area contributed by atoms with Gasteiger partial charge in [0.15, 0.2) is 5.78 Å². The number of aliphatic hydroxyl groups is 1. The number of allylic oxidation sites excluding steroid dienone is 2. The highest BCUT2D eigenvalue weighted by molar-refractivity contribution is 6.30. The lowest BCUT2D eigenvalue weighted by atomic mass is 9.82. The quantitative estimate of drug-likeness (QED) is 0.755. The molecule has 0 spiro atoms. The molecule has 0 aromatic heterocycles. The lowest BCUT2D eigenvalue weighted by molar-refractivity contribution is -0.117. The molecule has 2 aliphatic carbocycles. The van der Waals surface area contributed by atoms with Crippen molar-refractivity contribution in [3.8, 4) is 16.9 Å². The molecule has 0 saturated heterocycles. The highest BCUT2D eigenvalue weighted by atomic mass is 35.5. The van der Waals surface area contributed by atoms with Crippen LogP contribution < -0.4 is 4.74 Å². The maximum absolute atomic E-state index is 13.0. The van der Waals surface area contributed by atoms with E-state index in [1.165, 1.54) is 0 Å². The first kappa shape index (κ1) is 17.2. The second-order valence-corrected chi connectivity index (χ2v) is 7.42. The summed E-state index contributed by atoms with van der Waals surface area (Å²) in [6.07, 6.45) is 2.51. The van der Waals surface area contributed by atoms with Crippen molar-refractivity contribution in [2.24, 2.45) is 11.8 Å². The van der Waals surface area contributed by atoms with Crippen LogP contribution in [0.1, 0.15) is 31.7 Å². The minimum absolute atomic E-state index is 0.0274. The van der Waals surface area contributed by atoms with E-state index >= 15 is 0 Å². The van der Waals surface area contributed by atoms with Crippen LogP contribution in [0.3, 0.4) is 0 Å². The van der Waals surface area contributed by atoms with Gasteiger partial charge in [0.25, 0.3) is 0 Å². The van der Waals surface area contributed by atoms with Gasteiger partial charge in [-0.2, -0.15) is 0 Å². The number of Topliss-reactive ketones (excluding diaryl/α,β-unsaturated/α-hetero) is 1. The van der Waals surface area contributed by atoms with E-state index in [0.29, 0.717) is 28.5 Å². The van der Waals surface area contributed by atoms with Gasteiger partial charge in [-0.1, -0.05) is 29.8 Å². The summed E-state index contributed by atoms with van der Waals surface area (Å²) in [4.78, 5) is 13.0. The van der Waals surface area contributed by atoms with E-state index in [4.69, 9.17) is 16.3 Å². The largest absolute Gasteiger partial charge is 0.511 e. The van der Waals surface area contributed by atoms with Crippen molar-refractivity contribution in [1.29, 1.82) is 0 Å². The molecule has 1 fully saturated rings. The Bertz CT molecular complexity index is 883. The molecule has 4 heteroatoms. The van der Waals surface area contributed by atoms with E-state index in [0.717, 1.165) is 30.4 Å². The van der Waals surface area contributed by atoms with Crippen LogP contribution in [0.15, 0.2) is 48.2 Å². The maximum atomic E-state index is 13.0. The van der Waals surface area contributed by atoms with Crippen LogP contribution in [0.4, 0.5) is 0 Å². The third-order valence-electron chi connectivity index (χ3n) is 5.42. The van der Waals surface area contributed by atoms with Gasteiger partial charge < -0.3 is 9.84 Å². The second-order valence-electron chi connectivity index (χ2n) is 6.98. The summed E-state index contributed by atoms with van der Waals surface area (Å²) in [5, 5.41) is 11.4. The van der Waals surface area contributed by atoms with Crippen molar-refractivity contribution in [3.05, 3.63) is 58.8 Å². The van der Waals surface area contributed by atoms with E-state index in [2.05, 4.69) is 0 Å². The monoisotopic (exact) mass is 368 g/mol. The zero-order valence-corrected chi connectivity index (χ0v) is 15.4. The number of carbonyl (C=O) groups is 1. The molecule has 0 unspecified atom stereocenters. The predicted octanol–water partition coefficient (Wildman–Crippen LogP) is 5.67. The van der Waals surface area contributed by atoms with Crippen molar-refractivity contribution in [1.82, 2.24) is 0 Å². The van der Waals surface area contributed by atoms with Gasteiger partial charge in [-0.25, -0.2) is 0 Å². The van der Waals surface area contributed by atoms with Crippen LogP contribution in [0.25, 0.3) is 16.7 Å². The van der Waals surface area contributed by atoms with Crippen LogP contribution in [0.2, 0.25) is 5.02 Å². The first-order chi connectivity index (χ1) is 12.6. The van der Waals surface area contributed by atoms with Crippen LogP contribution >= 0.6 is 11.6 Å². The molecular weight excluding hydrogens is 348 g/mol. The molecule has 0 heterocycles. The summed E-state index contributed by atoms with van der Waals surface area (Å²) in [5.74, 6) is 1.05. The zero-order valence-electron chi connectivity index (χ0n) is 14.7. The number of rotatable bonds is 4. The van der Waals surface area contributed by atoms with Gasteiger partial charge >= 0.3 is 0 Å². The standard InChI is InChI=1S/C22H21ClO3/c1-2-26-19-10-7-14(13-5-8-17(23)9-6-13)12-18(19)20-21(24)15-3-4-16(11-15)22(20)25/h5-10,12,15-16,24H,2-4,11H2,1H3/t15-,16+/m0/s1. The Kier molecular flexibility index (Phi) is 4.49. The molecule has 0 aliphatic heterocycles. The molecule has 2 aromatic rings. The summed E-state index contributed by atoms with van der Waals surface area (Å²) in [6.45, 7) is 2.42. The molecule has 0 radical (unpaired) electrons. The molecule has 0 amide bonds. The Labute approximate surface area is 158 Å². The number of hydrogen-bond acceptors (Lipinski definition) is 3. The van der Waals surface area contributed by atoms with Crippen molar-refractivity contribution in [2.45, 2.75) is 26.2 Å².